The molecular formula is C27H35N5O4. The van der Waals surface area contributed by atoms with Crippen molar-refractivity contribution < 1.29 is 19.0 Å². The Morgan fingerprint density at radius 3 is 2.39 bits per heavy atom. The number of carbonyl (C=O) groups excluding carboxylic acids is 1. The summed E-state index contributed by atoms with van der Waals surface area (Å²) in [5, 5.41) is 12.0. The van der Waals surface area contributed by atoms with Crippen molar-refractivity contribution in [2.75, 3.05) is 34.4 Å². The molecule has 36 heavy (non-hydrogen) atoms. The van der Waals surface area contributed by atoms with E-state index in [0.29, 0.717) is 25.1 Å². The quantitative estimate of drug-likeness (QED) is 0.464. The highest BCUT2D eigenvalue weighted by atomic mass is 16.5. The number of amides is 1. The molecule has 4 rings (SSSR count). The van der Waals surface area contributed by atoms with Crippen molar-refractivity contribution in [1.82, 2.24) is 25.0 Å². The largest absolute Gasteiger partial charge is 0.496 e. The van der Waals surface area contributed by atoms with Crippen LogP contribution in [0.3, 0.4) is 0 Å². The standard InChI is InChI=1S/C27H35N5O4/c1-19(28-26(33)11-10-20-8-6-5-7-9-20)27-30-29-25-12-13-31(14-15-32(25)27)18-22-23(35-3)16-21(34-2)17-24(22)36-4/h5-9,16-17,19H,10-15,18H2,1-4H3,(H,28,33)/t19-/m1/s1. The molecule has 2 heterocycles. The Hall–Kier alpha value is -3.59. The molecule has 0 aliphatic carbocycles. The van der Waals surface area contributed by atoms with Crippen LogP contribution in [0, 0.1) is 0 Å². The summed E-state index contributed by atoms with van der Waals surface area (Å²) in [6.07, 6.45) is 1.92. The zero-order valence-corrected chi connectivity index (χ0v) is 21.5. The second kappa shape index (κ2) is 11.9. The van der Waals surface area contributed by atoms with Crippen LogP contribution in [0.15, 0.2) is 42.5 Å². The van der Waals surface area contributed by atoms with Crippen molar-refractivity contribution in [3.8, 4) is 17.2 Å². The number of nitrogens with zero attached hydrogens (tertiary/aromatic N) is 4. The Balaban J connectivity index is 1.39. The van der Waals surface area contributed by atoms with Gasteiger partial charge in [0.2, 0.25) is 5.91 Å². The van der Waals surface area contributed by atoms with Crippen LogP contribution >= 0.6 is 0 Å². The molecule has 1 N–H and O–H groups in total. The normalized spacial score (nSPS) is 14.4. The lowest BCUT2D eigenvalue weighted by molar-refractivity contribution is -0.121. The highest BCUT2D eigenvalue weighted by molar-refractivity contribution is 5.76. The van der Waals surface area contributed by atoms with Gasteiger partial charge in [0.15, 0.2) is 5.82 Å². The van der Waals surface area contributed by atoms with Gasteiger partial charge >= 0.3 is 0 Å². The number of aromatic nitrogens is 3. The average molecular weight is 494 g/mol. The lowest BCUT2D eigenvalue weighted by atomic mass is 10.1. The third-order valence-corrected chi connectivity index (χ3v) is 6.59. The lowest BCUT2D eigenvalue weighted by Crippen LogP contribution is -2.30. The fourth-order valence-corrected chi connectivity index (χ4v) is 4.61. The lowest BCUT2D eigenvalue weighted by Gasteiger charge is -2.23. The number of aryl methyl sites for hydroxylation is 1. The average Bonchev–Trinajstić information content (AvgIpc) is 3.21. The maximum Gasteiger partial charge on any atom is 0.220 e. The molecule has 0 radical (unpaired) electrons. The second-order valence-electron chi connectivity index (χ2n) is 8.94. The van der Waals surface area contributed by atoms with E-state index in [1.165, 1.54) is 0 Å². The summed E-state index contributed by atoms with van der Waals surface area (Å²) in [4.78, 5) is 14.9. The van der Waals surface area contributed by atoms with Crippen LogP contribution in [0.5, 0.6) is 17.2 Å². The SMILES string of the molecule is COc1cc(OC)c(CN2CCc3nnc([C@@H](C)NC(=O)CCc4ccccc4)n3CC2)c(OC)c1. The molecule has 1 aliphatic heterocycles. The first kappa shape index (κ1) is 25.5. The van der Waals surface area contributed by atoms with Gasteiger partial charge in [0, 0.05) is 51.2 Å². The van der Waals surface area contributed by atoms with E-state index >= 15 is 0 Å². The summed E-state index contributed by atoms with van der Waals surface area (Å²) in [5.74, 6) is 3.91. The minimum atomic E-state index is -0.220. The maximum absolute atomic E-state index is 12.6. The summed E-state index contributed by atoms with van der Waals surface area (Å²) in [7, 11) is 4.94. The van der Waals surface area contributed by atoms with E-state index in [-0.39, 0.29) is 11.9 Å². The van der Waals surface area contributed by atoms with Gasteiger partial charge in [0.25, 0.3) is 0 Å². The van der Waals surface area contributed by atoms with E-state index < -0.39 is 0 Å². The monoisotopic (exact) mass is 493 g/mol. The van der Waals surface area contributed by atoms with Gasteiger partial charge in [-0.15, -0.1) is 10.2 Å². The van der Waals surface area contributed by atoms with Crippen molar-refractivity contribution in [1.29, 1.82) is 0 Å². The molecule has 1 aromatic heterocycles. The number of ether oxygens (including phenoxy) is 3. The molecule has 9 heteroatoms. The Bertz CT molecular complexity index is 1140. The van der Waals surface area contributed by atoms with Gasteiger partial charge < -0.3 is 24.1 Å². The molecule has 1 amide bonds. The first-order chi connectivity index (χ1) is 17.5. The van der Waals surface area contributed by atoms with Gasteiger partial charge in [-0.25, -0.2) is 0 Å². The fourth-order valence-electron chi connectivity index (χ4n) is 4.61. The predicted molar refractivity (Wildman–Crippen MR) is 136 cm³/mol. The zero-order valence-electron chi connectivity index (χ0n) is 21.5. The fraction of sp³-hybridized carbons (Fsp3) is 0.444. The van der Waals surface area contributed by atoms with E-state index in [4.69, 9.17) is 14.2 Å². The number of rotatable bonds is 10. The second-order valence-corrected chi connectivity index (χ2v) is 8.94. The molecule has 0 unspecified atom stereocenters. The van der Waals surface area contributed by atoms with Crippen molar-refractivity contribution in [2.45, 2.75) is 45.3 Å². The molecular weight excluding hydrogens is 458 g/mol. The smallest absolute Gasteiger partial charge is 0.220 e. The van der Waals surface area contributed by atoms with Gasteiger partial charge in [-0.3, -0.25) is 9.69 Å². The number of carbonyl (C=O) groups is 1. The molecule has 0 fully saturated rings. The zero-order chi connectivity index (χ0) is 25.5. The molecule has 0 saturated carbocycles. The Morgan fingerprint density at radius 1 is 1.00 bits per heavy atom. The van der Waals surface area contributed by atoms with E-state index in [2.05, 4.69) is 25.0 Å². The summed E-state index contributed by atoms with van der Waals surface area (Å²) < 4.78 is 18.8. The minimum Gasteiger partial charge on any atom is -0.496 e. The predicted octanol–water partition coefficient (Wildman–Crippen LogP) is 3.17. The summed E-state index contributed by atoms with van der Waals surface area (Å²) in [5.41, 5.74) is 2.14. The van der Waals surface area contributed by atoms with Crippen LogP contribution < -0.4 is 19.5 Å². The number of hydrogen-bond donors (Lipinski definition) is 1. The molecule has 0 spiro atoms. The van der Waals surface area contributed by atoms with E-state index in [1.807, 2.05) is 49.4 Å². The highest BCUT2D eigenvalue weighted by Crippen LogP contribution is 2.35. The summed E-state index contributed by atoms with van der Waals surface area (Å²) >= 11 is 0. The van der Waals surface area contributed by atoms with Crippen LogP contribution in [0.4, 0.5) is 0 Å². The van der Waals surface area contributed by atoms with E-state index in [9.17, 15) is 4.79 Å². The molecule has 0 saturated heterocycles. The van der Waals surface area contributed by atoms with Crippen LogP contribution in [0.25, 0.3) is 0 Å². The number of fused-ring (bicyclic) bond motifs is 1. The molecule has 3 aromatic rings. The molecule has 1 aliphatic rings. The molecule has 9 nitrogen and oxygen atoms in total. The van der Waals surface area contributed by atoms with E-state index in [0.717, 1.165) is 60.3 Å². The van der Waals surface area contributed by atoms with Crippen LogP contribution in [-0.2, 0) is 30.7 Å². The van der Waals surface area contributed by atoms with E-state index in [1.54, 1.807) is 21.3 Å². The van der Waals surface area contributed by atoms with Gasteiger partial charge in [-0.2, -0.15) is 0 Å². The third kappa shape index (κ3) is 5.96. The number of methoxy groups -OCH3 is 3. The number of benzene rings is 2. The molecule has 192 valence electrons. The van der Waals surface area contributed by atoms with Gasteiger partial charge in [-0.1, -0.05) is 30.3 Å². The van der Waals surface area contributed by atoms with Gasteiger partial charge in [-0.05, 0) is 18.9 Å². The van der Waals surface area contributed by atoms with Crippen LogP contribution in [-0.4, -0.2) is 60.0 Å². The molecule has 0 bridgehead atoms. The summed E-state index contributed by atoms with van der Waals surface area (Å²) in [6, 6.07) is 13.6. The Kier molecular flexibility index (Phi) is 8.43. The molecule has 1 atom stereocenters. The number of hydrogen-bond acceptors (Lipinski definition) is 7. The topological polar surface area (TPSA) is 90.7 Å². The van der Waals surface area contributed by atoms with Crippen molar-refractivity contribution in [3.05, 3.63) is 65.2 Å². The Labute approximate surface area is 212 Å². The minimum absolute atomic E-state index is 0.0117. The Morgan fingerprint density at radius 2 is 1.72 bits per heavy atom. The van der Waals surface area contributed by atoms with Crippen molar-refractivity contribution in [2.24, 2.45) is 0 Å². The summed E-state index contributed by atoms with van der Waals surface area (Å²) in [6.45, 7) is 5.02. The first-order valence-electron chi connectivity index (χ1n) is 12.3. The van der Waals surface area contributed by atoms with Crippen LogP contribution in [0.2, 0.25) is 0 Å². The number of nitrogens with one attached hydrogen (secondary N) is 1. The van der Waals surface area contributed by atoms with Crippen molar-refractivity contribution in [3.63, 3.8) is 0 Å². The van der Waals surface area contributed by atoms with Gasteiger partial charge in [0.1, 0.15) is 23.1 Å². The molecule has 2 aromatic carbocycles. The third-order valence-electron chi connectivity index (χ3n) is 6.59. The highest BCUT2D eigenvalue weighted by Gasteiger charge is 2.24. The van der Waals surface area contributed by atoms with Gasteiger partial charge in [0.05, 0.1) is 32.9 Å². The van der Waals surface area contributed by atoms with Crippen molar-refractivity contribution >= 4 is 5.91 Å². The van der Waals surface area contributed by atoms with Crippen LogP contribution in [0.1, 0.15) is 42.2 Å². The first-order valence-corrected chi connectivity index (χ1v) is 12.3. The maximum atomic E-state index is 12.6.